The average molecular weight is 240 g/mol. The summed E-state index contributed by atoms with van der Waals surface area (Å²) >= 11 is 0. The Labute approximate surface area is 81.0 Å². The summed E-state index contributed by atoms with van der Waals surface area (Å²) in [6, 6.07) is 0. The van der Waals surface area contributed by atoms with E-state index in [0.717, 1.165) is 0 Å². The Morgan fingerprint density at radius 1 is 0.467 bits per heavy atom. The maximum absolute atomic E-state index is 8.25. The van der Waals surface area contributed by atoms with Gasteiger partial charge in [0.1, 0.15) is 0 Å². The Hall–Kier alpha value is -2.52. The lowest BCUT2D eigenvalue weighted by Crippen LogP contribution is -1.74. The Bertz CT molecular complexity index is 112. The van der Waals surface area contributed by atoms with Gasteiger partial charge in [0.25, 0.3) is 0 Å². The molecule has 0 fully saturated rings. The topological polar surface area (TPSA) is 308 Å². The van der Waals surface area contributed by atoms with Crippen LogP contribution in [0.15, 0.2) is 0 Å². The Balaban J connectivity index is -0.0000000184. The normalized spacial score (nSPS) is 4.80. The molecule has 0 spiro atoms. The van der Waals surface area contributed by atoms with E-state index in [9.17, 15) is 0 Å². The molecule has 15 nitrogen and oxygen atoms in total. The molecule has 0 unspecified atom stereocenters. The Kier molecular flexibility index (Phi) is 78.4. The molecule has 0 aliphatic rings. The molecule has 0 bridgehead atoms. The van der Waals surface area contributed by atoms with E-state index in [-0.39, 0.29) is 18.5 Å². The fourth-order valence-electron chi connectivity index (χ4n) is 0. The van der Waals surface area contributed by atoms with Gasteiger partial charge in [0.2, 0.25) is 0 Å². The van der Waals surface area contributed by atoms with Gasteiger partial charge < -0.3 is 64.4 Å². The van der Waals surface area contributed by atoms with Gasteiger partial charge in [-0.05, 0) is 0 Å². The predicted octanol–water partition coefficient (Wildman–Crippen LogP) is 0.411. The van der Waals surface area contributed by atoms with Crippen molar-refractivity contribution < 1.29 is 15.3 Å². The zero-order valence-electron chi connectivity index (χ0n) is 8.02. The molecule has 0 aromatic carbocycles. The van der Waals surface area contributed by atoms with E-state index in [2.05, 4.69) is 0 Å². The average Bonchev–Trinajstić information content (AvgIpc) is 1.54. The fourth-order valence-corrected chi connectivity index (χ4v) is 0. The van der Waals surface area contributed by atoms with Crippen LogP contribution in [0.25, 0.3) is 0 Å². The Morgan fingerprint density at radius 3 is 0.467 bits per heavy atom. The second-order valence-electron chi connectivity index (χ2n) is 0.671. The lowest BCUT2D eigenvalue weighted by molar-refractivity contribution is -0.403. The molecule has 0 aromatic rings. The molecule has 0 aliphatic carbocycles. The monoisotopic (exact) mass is 240 g/mol. The number of quaternary nitrogens is 3. The number of nitrogens with zero attached hydrogens (tertiary/aromatic N) is 3. The largest absolute Gasteiger partial charge is 0.369 e. The van der Waals surface area contributed by atoms with Crippen LogP contribution in [-0.4, -0.2) is 15.3 Å². The summed E-state index contributed by atoms with van der Waals surface area (Å²) in [5.41, 5.74) is 0. The smallest absolute Gasteiger partial charge is 0.0689 e. The minimum atomic E-state index is -1.75. The second kappa shape index (κ2) is 30.0. The highest BCUT2D eigenvalue weighted by molar-refractivity contribution is 4.04. The van der Waals surface area contributed by atoms with Gasteiger partial charge in [0, 0.05) is 0 Å². The van der Waals surface area contributed by atoms with Crippen LogP contribution < -0.4 is 18.5 Å². The van der Waals surface area contributed by atoms with Crippen LogP contribution in [0, 0.1) is 46.0 Å². The van der Waals surface area contributed by atoms with Crippen LogP contribution >= 0.6 is 0 Å². The van der Waals surface area contributed by atoms with Crippen molar-refractivity contribution in [3.05, 3.63) is 46.0 Å². The number of hydrogen-bond acceptors (Lipinski definition) is 9. The summed E-state index contributed by atoms with van der Waals surface area (Å²) in [5, 5.41) is 44.2. The van der Waals surface area contributed by atoms with Gasteiger partial charge in [0.05, 0.1) is 15.3 Å². The minimum Gasteiger partial charge on any atom is -0.369 e. The summed E-state index contributed by atoms with van der Waals surface area (Å²) < 4.78 is 0. The van der Waals surface area contributed by atoms with Crippen molar-refractivity contribution in [3.8, 4) is 0 Å². The minimum absolute atomic E-state index is 0. The van der Waals surface area contributed by atoms with Crippen LogP contribution in [0.4, 0.5) is 0 Å². The first-order chi connectivity index (χ1) is 5.20. The lowest BCUT2D eigenvalue weighted by atomic mass is 13.1. The van der Waals surface area contributed by atoms with Crippen molar-refractivity contribution in [2.24, 2.45) is 0 Å². The van der Waals surface area contributed by atoms with E-state index in [1.807, 2.05) is 0 Å². The summed E-state index contributed by atoms with van der Waals surface area (Å²) in [6.45, 7) is 0. The first kappa shape index (κ1) is 39.2. The molecule has 0 saturated carbocycles. The van der Waals surface area contributed by atoms with Crippen LogP contribution in [0.3, 0.4) is 0 Å². The maximum Gasteiger partial charge on any atom is 0.0689 e. The molecule has 15 heteroatoms. The highest BCUT2D eigenvalue weighted by Gasteiger charge is 1.46. The third-order valence-electron chi connectivity index (χ3n) is 0. The van der Waals surface area contributed by atoms with Gasteiger partial charge in [0.15, 0.2) is 0 Å². The van der Waals surface area contributed by atoms with Crippen LogP contribution in [0.2, 0.25) is 0 Å². The lowest BCUT2D eigenvalue weighted by Gasteiger charge is -1.74. The molecular formula is H12N6O9. The van der Waals surface area contributed by atoms with Crippen molar-refractivity contribution in [2.45, 2.75) is 0 Å². The molecular weight excluding hydrogens is 228 g/mol. The number of rotatable bonds is 0. The molecule has 0 saturated heterocycles. The summed E-state index contributed by atoms with van der Waals surface area (Å²) in [5.74, 6) is 0. The molecule has 0 atom stereocenters. The zero-order chi connectivity index (χ0) is 10.7. The van der Waals surface area contributed by atoms with E-state index in [1.54, 1.807) is 0 Å². The Morgan fingerprint density at radius 2 is 0.467 bits per heavy atom. The zero-order valence-corrected chi connectivity index (χ0v) is 8.02. The van der Waals surface area contributed by atoms with Gasteiger partial charge in [-0.3, -0.25) is 0 Å². The van der Waals surface area contributed by atoms with Gasteiger partial charge in [-0.1, -0.05) is 0 Å². The van der Waals surface area contributed by atoms with Gasteiger partial charge in [-0.15, -0.1) is 0 Å². The first-order valence-corrected chi connectivity index (χ1v) is 1.64. The van der Waals surface area contributed by atoms with Gasteiger partial charge in [-0.25, -0.2) is 0 Å². The molecule has 0 heterocycles. The van der Waals surface area contributed by atoms with Crippen molar-refractivity contribution in [2.75, 3.05) is 0 Å². The third kappa shape index (κ3) is 162. The summed E-state index contributed by atoms with van der Waals surface area (Å²) in [4.78, 5) is 24.8. The highest BCUT2D eigenvalue weighted by atomic mass is 16.9. The molecule has 0 aliphatic heterocycles. The standard InChI is InChI=1S/3NO3.3H3N/c3*2-1(3)4;;;/h;;;3*1H3/q3*-1;;;/p+3. The van der Waals surface area contributed by atoms with Crippen molar-refractivity contribution >= 4 is 0 Å². The van der Waals surface area contributed by atoms with Gasteiger partial charge in [-0.2, -0.15) is 0 Å². The quantitative estimate of drug-likeness (QED) is 0.388. The van der Waals surface area contributed by atoms with Crippen molar-refractivity contribution in [3.63, 3.8) is 0 Å². The predicted molar refractivity (Wildman–Crippen MR) is 49.0 cm³/mol. The van der Waals surface area contributed by atoms with Gasteiger partial charge >= 0.3 is 0 Å². The number of hydrogen-bond donors (Lipinski definition) is 3. The molecule has 0 amide bonds. The van der Waals surface area contributed by atoms with E-state index in [0.29, 0.717) is 0 Å². The molecule has 15 heavy (non-hydrogen) atoms. The molecule has 12 N–H and O–H groups in total. The molecule has 0 radical (unpaired) electrons. The van der Waals surface area contributed by atoms with Crippen LogP contribution in [0.1, 0.15) is 0 Å². The van der Waals surface area contributed by atoms with Crippen LogP contribution in [0.5, 0.6) is 0 Å². The van der Waals surface area contributed by atoms with E-state index in [1.165, 1.54) is 0 Å². The summed E-state index contributed by atoms with van der Waals surface area (Å²) in [7, 11) is 0. The van der Waals surface area contributed by atoms with Crippen LogP contribution in [-0.2, 0) is 0 Å². The molecule has 96 valence electrons. The van der Waals surface area contributed by atoms with E-state index >= 15 is 0 Å². The molecule has 0 rings (SSSR count). The van der Waals surface area contributed by atoms with E-state index < -0.39 is 15.3 Å². The molecule has 0 aromatic heterocycles. The van der Waals surface area contributed by atoms with Crippen molar-refractivity contribution in [1.29, 1.82) is 0 Å². The first-order valence-electron chi connectivity index (χ1n) is 1.64. The highest BCUT2D eigenvalue weighted by Crippen LogP contribution is 1.45. The van der Waals surface area contributed by atoms with Crippen molar-refractivity contribution in [1.82, 2.24) is 18.5 Å². The van der Waals surface area contributed by atoms with E-state index in [4.69, 9.17) is 46.0 Å². The summed E-state index contributed by atoms with van der Waals surface area (Å²) in [6.07, 6.45) is 0. The third-order valence-corrected chi connectivity index (χ3v) is 0. The second-order valence-corrected chi connectivity index (χ2v) is 0.671. The fraction of sp³-hybridized carbons (Fsp3) is 0. The SMILES string of the molecule is O=[N+]([O-])[O-].O=[N+]([O-])[O-].O=[N+]([O-])[O-].[NH4+].[NH4+].[NH4+]. The maximum atomic E-state index is 8.25.